The monoisotopic (exact) mass is 543 g/mol. The van der Waals surface area contributed by atoms with Crippen LogP contribution in [0, 0.1) is 11.8 Å². The molecule has 2 bridgehead atoms. The van der Waals surface area contributed by atoms with Crippen molar-refractivity contribution in [2.24, 2.45) is 11.8 Å². The summed E-state index contributed by atoms with van der Waals surface area (Å²) in [7, 11) is 0. The predicted octanol–water partition coefficient (Wildman–Crippen LogP) is 6.25. The van der Waals surface area contributed by atoms with Crippen LogP contribution in [0.15, 0.2) is 48.5 Å². The molecule has 2 aromatic carbocycles. The number of likely N-dealkylation sites (tertiary alicyclic amines) is 1. The fourth-order valence-electron chi connectivity index (χ4n) is 6.00. The molecule has 2 atom stereocenters. The van der Waals surface area contributed by atoms with Gasteiger partial charge in [0, 0.05) is 6.54 Å². The second-order valence-electron chi connectivity index (χ2n) is 9.07. The van der Waals surface area contributed by atoms with Gasteiger partial charge in [0.15, 0.2) is 0 Å². The van der Waals surface area contributed by atoms with Crippen LogP contribution < -0.4 is 0 Å². The van der Waals surface area contributed by atoms with Crippen LogP contribution in [-0.4, -0.2) is 23.3 Å². The lowest BCUT2D eigenvalue weighted by atomic mass is 9.54. The molecule has 4 aliphatic rings. The summed E-state index contributed by atoms with van der Waals surface area (Å²) in [6.45, 7) is 2.73. The number of unbranched alkanes of at least 4 members (excludes halogenated alkanes) is 5. The highest BCUT2D eigenvalue weighted by atomic mass is 79.9. The fraction of sp³-hybridized carbons (Fsp3) is 0.462. The number of benzene rings is 2. The minimum atomic E-state index is -0.678. The van der Waals surface area contributed by atoms with E-state index in [2.05, 4.69) is 63.0 Å². The van der Waals surface area contributed by atoms with E-state index >= 15 is 0 Å². The van der Waals surface area contributed by atoms with Crippen LogP contribution in [0.3, 0.4) is 0 Å². The summed E-state index contributed by atoms with van der Waals surface area (Å²) < 4.78 is -1.36. The van der Waals surface area contributed by atoms with Crippen molar-refractivity contribution < 1.29 is 9.59 Å². The van der Waals surface area contributed by atoms with Crippen molar-refractivity contribution in [1.29, 1.82) is 0 Å². The standard InChI is InChI=1S/C26H27Br2NO2/c1-2-3-4-5-6-11-16-29-23(30)21-22(24(29)31)26(28)18-13-8-7-12-17(18)25(21,27)19-14-9-10-15-20(19)26/h7-10,12-15,21-22H,2-6,11,16H2,1H3/t21-,22+,25?,26?. The second-order valence-corrected chi connectivity index (χ2v) is 11.6. The Labute approximate surface area is 200 Å². The smallest absolute Gasteiger partial charge is 0.235 e. The molecule has 1 heterocycles. The van der Waals surface area contributed by atoms with Crippen molar-refractivity contribution in [3.05, 3.63) is 70.8 Å². The van der Waals surface area contributed by atoms with E-state index in [1.165, 1.54) is 25.7 Å². The number of alkyl halides is 2. The number of hydrogen-bond acceptors (Lipinski definition) is 2. The van der Waals surface area contributed by atoms with Gasteiger partial charge in [0.2, 0.25) is 11.8 Å². The molecule has 162 valence electrons. The van der Waals surface area contributed by atoms with E-state index in [9.17, 15) is 9.59 Å². The summed E-state index contributed by atoms with van der Waals surface area (Å²) in [6.07, 6.45) is 6.80. The quantitative estimate of drug-likeness (QED) is 0.234. The first kappa shape index (κ1) is 21.4. The van der Waals surface area contributed by atoms with Gasteiger partial charge in [0.1, 0.15) is 0 Å². The van der Waals surface area contributed by atoms with Crippen molar-refractivity contribution in [1.82, 2.24) is 4.90 Å². The van der Waals surface area contributed by atoms with Gasteiger partial charge in [-0.1, -0.05) is 119 Å². The Morgan fingerprint density at radius 3 is 1.52 bits per heavy atom. The normalized spacial score (nSPS) is 30.4. The van der Waals surface area contributed by atoms with Crippen LogP contribution in [0.25, 0.3) is 0 Å². The van der Waals surface area contributed by atoms with Crippen LogP contribution >= 0.6 is 31.9 Å². The zero-order valence-corrected chi connectivity index (χ0v) is 20.9. The number of carbonyl (C=O) groups excluding carboxylic acids is 2. The molecule has 0 radical (unpaired) electrons. The van der Waals surface area contributed by atoms with E-state index in [0.717, 1.165) is 35.1 Å². The van der Waals surface area contributed by atoms with Crippen molar-refractivity contribution in [2.45, 2.75) is 54.1 Å². The fourth-order valence-corrected chi connectivity index (χ4v) is 8.30. The van der Waals surface area contributed by atoms with Crippen LogP contribution in [0.1, 0.15) is 67.7 Å². The van der Waals surface area contributed by atoms with E-state index in [0.29, 0.717) is 6.54 Å². The lowest BCUT2D eigenvalue weighted by Gasteiger charge is -2.55. The van der Waals surface area contributed by atoms with E-state index < -0.39 is 20.5 Å². The van der Waals surface area contributed by atoms with E-state index in [1.807, 2.05) is 24.3 Å². The highest BCUT2D eigenvalue weighted by molar-refractivity contribution is 9.10. The molecule has 1 saturated heterocycles. The van der Waals surface area contributed by atoms with Crippen molar-refractivity contribution in [3.8, 4) is 0 Å². The first-order valence-electron chi connectivity index (χ1n) is 11.4. The maximum absolute atomic E-state index is 13.7. The Hall–Kier alpha value is -1.46. The SMILES string of the molecule is CCCCCCCCN1C(=O)[C@@H]2[C@H](C1=O)C1(Br)c3ccccc3C2(Br)c2ccccc21. The third kappa shape index (κ3) is 2.81. The topological polar surface area (TPSA) is 37.4 Å². The average Bonchev–Trinajstić information content (AvgIpc) is 3.05. The Morgan fingerprint density at radius 1 is 0.710 bits per heavy atom. The second kappa shape index (κ2) is 7.84. The number of amides is 2. The van der Waals surface area contributed by atoms with Gasteiger partial charge in [0.25, 0.3) is 0 Å². The minimum Gasteiger partial charge on any atom is -0.282 e. The molecule has 0 aromatic heterocycles. The third-order valence-corrected chi connectivity index (χ3v) is 10.1. The molecule has 31 heavy (non-hydrogen) atoms. The Morgan fingerprint density at radius 2 is 1.10 bits per heavy atom. The van der Waals surface area contributed by atoms with Crippen molar-refractivity contribution >= 4 is 43.7 Å². The number of imide groups is 1. The maximum atomic E-state index is 13.7. The highest BCUT2D eigenvalue weighted by Gasteiger charge is 2.72. The van der Waals surface area contributed by atoms with Crippen molar-refractivity contribution in [2.75, 3.05) is 6.54 Å². The van der Waals surface area contributed by atoms with Gasteiger partial charge in [0.05, 0.1) is 20.5 Å². The van der Waals surface area contributed by atoms with E-state index in [1.54, 1.807) is 4.90 Å². The van der Waals surface area contributed by atoms with Gasteiger partial charge in [-0.25, -0.2) is 0 Å². The number of rotatable bonds is 7. The lowest BCUT2D eigenvalue weighted by molar-refractivity contribution is -0.140. The van der Waals surface area contributed by atoms with E-state index in [-0.39, 0.29) is 11.8 Å². The van der Waals surface area contributed by atoms with Crippen LogP contribution in [-0.2, 0) is 18.2 Å². The Kier molecular flexibility index (Phi) is 5.41. The number of carbonyl (C=O) groups is 2. The lowest BCUT2D eigenvalue weighted by Crippen LogP contribution is -2.56. The molecule has 5 heteroatoms. The summed E-state index contributed by atoms with van der Waals surface area (Å²) in [5, 5.41) is 0. The molecule has 0 N–H and O–H groups in total. The first-order valence-corrected chi connectivity index (χ1v) is 13.0. The Balaban J connectivity index is 1.54. The number of halogens is 2. The molecular weight excluding hydrogens is 518 g/mol. The highest BCUT2D eigenvalue weighted by Crippen LogP contribution is 2.70. The average molecular weight is 545 g/mol. The zero-order valence-electron chi connectivity index (χ0n) is 17.7. The van der Waals surface area contributed by atoms with Gasteiger partial charge in [-0.2, -0.15) is 0 Å². The summed E-state index contributed by atoms with van der Waals surface area (Å²) in [4.78, 5) is 29.0. The van der Waals surface area contributed by atoms with Gasteiger partial charge in [-0.05, 0) is 28.7 Å². The molecule has 0 saturated carbocycles. The number of nitrogens with zero attached hydrogens (tertiary/aromatic N) is 1. The van der Waals surface area contributed by atoms with E-state index in [4.69, 9.17) is 0 Å². The molecule has 1 fully saturated rings. The molecule has 3 nitrogen and oxygen atoms in total. The molecule has 2 aromatic rings. The van der Waals surface area contributed by atoms with Gasteiger partial charge < -0.3 is 0 Å². The van der Waals surface area contributed by atoms with Gasteiger partial charge in [-0.15, -0.1) is 0 Å². The third-order valence-electron chi connectivity index (χ3n) is 7.41. The molecule has 0 unspecified atom stereocenters. The maximum Gasteiger partial charge on any atom is 0.235 e. The van der Waals surface area contributed by atoms with Gasteiger partial charge in [-0.3, -0.25) is 14.5 Å². The summed E-state index contributed by atoms with van der Waals surface area (Å²) in [5.74, 6) is -0.949. The Bertz CT molecular complexity index is 928. The summed E-state index contributed by atoms with van der Waals surface area (Å²) in [5.41, 5.74) is 4.37. The van der Waals surface area contributed by atoms with Gasteiger partial charge >= 0.3 is 0 Å². The van der Waals surface area contributed by atoms with Crippen LogP contribution in [0.4, 0.5) is 0 Å². The zero-order chi connectivity index (χ0) is 21.8. The van der Waals surface area contributed by atoms with Crippen LogP contribution in [0.5, 0.6) is 0 Å². The predicted molar refractivity (Wildman–Crippen MR) is 129 cm³/mol. The molecule has 1 aliphatic heterocycles. The largest absolute Gasteiger partial charge is 0.282 e. The molecule has 0 spiro atoms. The molecular formula is C26H27Br2NO2. The molecule has 6 rings (SSSR count). The number of hydrogen-bond donors (Lipinski definition) is 0. The molecule has 3 aliphatic carbocycles. The van der Waals surface area contributed by atoms with Crippen LogP contribution in [0.2, 0.25) is 0 Å². The first-order chi connectivity index (χ1) is 15.0. The summed E-state index contributed by atoms with van der Waals surface area (Å²) >= 11 is 8.09. The van der Waals surface area contributed by atoms with Crippen molar-refractivity contribution in [3.63, 3.8) is 0 Å². The molecule has 2 amide bonds. The summed E-state index contributed by atoms with van der Waals surface area (Å²) in [6, 6.07) is 16.5. The minimum absolute atomic E-state index is 0.0340.